The van der Waals surface area contributed by atoms with Gasteiger partial charge >= 0.3 is 0 Å². The van der Waals surface area contributed by atoms with Gasteiger partial charge in [-0.15, -0.1) is 0 Å². The van der Waals surface area contributed by atoms with Crippen molar-refractivity contribution in [3.8, 4) is 12.4 Å². The van der Waals surface area contributed by atoms with Crippen LogP contribution < -0.4 is 5.32 Å². The summed E-state index contributed by atoms with van der Waals surface area (Å²) in [5.74, 6) is 0. The van der Waals surface area contributed by atoms with Crippen LogP contribution in [0.4, 0.5) is 0 Å². The molecule has 1 aliphatic heterocycles. The summed E-state index contributed by atoms with van der Waals surface area (Å²) < 4.78 is 12.8. The molecule has 0 aromatic heterocycles. The van der Waals surface area contributed by atoms with Crippen molar-refractivity contribution in [2.75, 3.05) is 25.8 Å². The van der Waals surface area contributed by atoms with Gasteiger partial charge in [-0.3, -0.25) is 8.82 Å². The van der Waals surface area contributed by atoms with E-state index in [-0.39, 0.29) is 0 Å². The summed E-state index contributed by atoms with van der Waals surface area (Å²) >= 11 is 0. The van der Waals surface area contributed by atoms with Crippen molar-refractivity contribution < 1.29 is 8.82 Å². The van der Waals surface area contributed by atoms with Crippen molar-refractivity contribution in [2.24, 2.45) is 0 Å². The fourth-order valence-corrected chi connectivity index (χ4v) is 4.06. The molecular weight excluding hydrogens is 235 g/mol. The van der Waals surface area contributed by atoms with Crippen molar-refractivity contribution in [3.63, 3.8) is 0 Å². The molecule has 1 fully saturated rings. The van der Waals surface area contributed by atoms with Crippen LogP contribution in [-0.4, -0.2) is 30.0 Å². The third-order valence-electron chi connectivity index (χ3n) is 3.22. The molecule has 0 aromatic carbocycles. The molecule has 1 rings (SSSR count). The highest BCUT2D eigenvalue weighted by Crippen LogP contribution is 2.39. The molecule has 1 unspecified atom stereocenters. The lowest BCUT2D eigenvalue weighted by Crippen LogP contribution is -2.45. The summed E-state index contributed by atoms with van der Waals surface area (Å²) in [6.45, 7) is 7.66. The molecule has 0 radical (unpaired) electrons. The molecular formula is C11H22N4OP+. The standard InChI is InChI=1S/C9H21NOP.C2HN3/c1-3-10(12(11)4-2)8-6-5-7-9-10;3-1-5-2-4/h12H,3-9H2,1-2H3;5H/q+1;. The van der Waals surface area contributed by atoms with E-state index in [9.17, 15) is 4.57 Å². The van der Waals surface area contributed by atoms with Gasteiger partial charge in [-0.25, -0.2) is 5.32 Å². The van der Waals surface area contributed by atoms with E-state index in [4.69, 9.17) is 10.5 Å². The predicted molar refractivity (Wildman–Crippen MR) is 68.3 cm³/mol. The highest BCUT2D eigenvalue weighted by molar-refractivity contribution is 7.38. The molecule has 6 heteroatoms. The minimum atomic E-state index is -1.35. The van der Waals surface area contributed by atoms with Crippen LogP contribution in [0.15, 0.2) is 0 Å². The van der Waals surface area contributed by atoms with E-state index in [1.54, 1.807) is 5.32 Å². The number of hydrogen-bond donors (Lipinski definition) is 1. The van der Waals surface area contributed by atoms with Crippen molar-refractivity contribution in [1.82, 2.24) is 5.32 Å². The van der Waals surface area contributed by atoms with Gasteiger partial charge in [0.1, 0.15) is 0 Å². The van der Waals surface area contributed by atoms with Crippen LogP contribution in [0.2, 0.25) is 0 Å². The van der Waals surface area contributed by atoms with E-state index in [0.29, 0.717) is 0 Å². The van der Waals surface area contributed by atoms with Crippen LogP contribution in [-0.2, 0) is 4.57 Å². The van der Waals surface area contributed by atoms with Crippen molar-refractivity contribution in [3.05, 3.63) is 0 Å². The van der Waals surface area contributed by atoms with Gasteiger partial charge < -0.3 is 0 Å². The number of rotatable bonds is 3. The molecule has 1 N–H and O–H groups in total. The van der Waals surface area contributed by atoms with Crippen LogP contribution in [0.5, 0.6) is 0 Å². The molecule has 0 saturated carbocycles. The van der Waals surface area contributed by atoms with E-state index in [2.05, 4.69) is 13.8 Å². The molecule has 1 heterocycles. The third kappa shape index (κ3) is 5.22. The van der Waals surface area contributed by atoms with Gasteiger partial charge in [-0.1, -0.05) is 6.92 Å². The quantitative estimate of drug-likeness (QED) is 0.477. The maximum absolute atomic E-state index is 11.9. The van der Waals surface area contributed by atoms with Crippen LogP contribution in [0.1, 0.15) is 33.1 Å². The molecule has 5 nitrogen and oxygen atoms in total. The fourth-order valence-electron chi connectivity index (χ4n) is 2.22. The first kappa shape index (κ1) is 16.0. The number of likely N-dealkylation sites (tertiary alicyclic amines) is 1. The Morgan fingerprint density at radius 1 is 1.18 bits per heavy atom. The van der Waals surface area contributed by atoms with Crippen LogP contribution in [0, 0.1) is 22.9 Å². The summed E-state index contributed by atoms with van der Waals surface area (Å²) in [6.07, 6.45) is 7.61. The lowest BCUT2D eigenvalue weighted by atomic mass is 10.1. The second kappa shape index (κ2) is 9.05. The number of nitrogens with zero attached hydrogens (tertiary/aromatic N) is 3. The number of nitriles is 2. The van der Waals surface area contributed by atoms with E-state index >= 15 is 0 Å². The zero-order valence-corrected chi connectivity index (χ0v) is 11.7. The highest BCUT2D eigenvalue weighted by atomic mass is 31.1. The molecule has 0 spiro atoms. The van der Waals surface area contributed by atoms with Crippen LogP contribution >= 0.6 is 7.95 Å². The van der Waals surface area contributed by atoms with Gasteiger partial charge in [0.2, 0.25) is 7.95 Å². The maximum Gasteiger partial charge on any atom is 0.237 e. The summed E-state index contributed by atoms with van der Waals surface area (Å²) in [5, 5.41) is 16.7. The first-order valence-corrected chi connectivity index (χ1v) is 7.65. The maximum atomic E-state index is 11.9. The first-order valence-electron chi connectivity index (χ1n) is 6.09. The van der Waals surface area contributed by atoms with Gasteiger partial charge in [0.05, 0.1) is 19.6 Å². The summed E-state index contributed by atoms with van der Waals surface area (Å²) in [7, 11) is -1.35. The van der Waals surface area contributed by atoms with Gasteiger partial charge in [-0.05, 0) is 26.2 Å². The van der Waals surface area contributed by atoms with Crippen molar-refractivity contribution >= 4 is 7.95 Å². The number of hydrogen-bond acceptors (Lipinski definition) is 4. The Labute approximate surface area is 104 Å². The summed E-state index contributed by atoms with van der Waals surface area (Å²) in [6, 6.07) is 0. The molecule has 0 amide bonds. The zero-order chi connectivity index (χ0) is 13.1. The Bertz CT molecular complexity index is 300. The second-order valence-electron chi connectivity index (χ2n) is 4.07. The lowest BCUT2D eigenvalue weighted by molar-refractivity contribution is -0.812. The Kier molecular flexibility index (Phi) is 8.50. The average molecular weight is 257 g/mol. The largest absolute Gasteiger partial charge is 0.286 e. The lowest BCUT2D eigenvalue weighted by Gasteiger charge is -2.39. The van der Waals surface area contributed by atoms with E-state index in [1.807, 2.05) is 0 Å². The Hall–Kier alpha value is -1.03. The van der Waals surface area contributed by atoms with Gasteiger partial charge in [0, 0.05) is 6.16 Å². The van der Waals surface area contributed by atoms with Crippen LogP contribution in [0.3, 0.4) is 0 Å². The zero-order valence-electron chi connectivity index (χ0n) is 10.7. The van der Waals surface area contributed by atoms with Crippen LogP contribution in [0.25, 0.3) is 0 Å². The topological polar surface area (TPSA) is 76.7 Å². The van der Waals surface area contributed by atoms with E-state index in [1.165, 1.54) is 44.7 Å². The first-order chi connectivity index (χ1) is 8.16. The van der Waals surface area contributed by atoms with E-state index < -0.39 is 7.95 Å². The molecule has 0 aromatic rings. The Morgan fingerprint density at radius 3 is 2.00 bits per heavy atom. The Morgan fingerprint density at radius 2 is 1.71 bits per heavy atom. The smallest absolute Gasteiger partial charge is 0.237 e. The van der Waals surface area contributed by atoms with Gasteiger partial charge in [0.25, 0.3) is 0 Å². The molecule has 17 heavy (non-hydrogen) atoms. The molecule has 1 saturated heterocycles. The summed E-state index contributed by atoms with van der Waals surface area (Å²) in [5.41, 5.74) is 0. The molecule has 96 valence electrons. The molecule has 1 atom stereocenters. The third-order valence-corrected chi connectivity index (χ3v) is 5.65. The van der Waals surface area contributed by atoms with E-state index in [0.717, 1.165) is 17.0 Å². The highest BCUT2D eigenvalue weighted by Gasteiger charge is 2.32. The second-order valence-corrected chi connectivity index (χ2v) is 6.51. The minimum absolute atomic E-state index is 0.887. The molecule has 1 aliphatic rings. The minimum Gasteiger partial charge on any atom is -0.286 e. The SMILES string of the molecule is CC[PH](=O)[N+]1(CC)CCCCC1.N#CNC#N. The average Bonchev–Trinajstić information content (AvgIpc) is 2.40. The number of quaternary nitrogens is 1. The van der Waals surface area contributed by atoms with Gasteiger partial charge in [-0.2, -0.15) is 10.5 Å². The molecule has 0 aliphatic carbocycles. The van der Waals surface area contributed by atoms with Crippen molar-refractivity contribution in [2.45, 2.75) is 33.1 Å². The normalized spacial score (nSPS) is 18.8. The summed E-state index contributed by atoms with van der Waals surface area (Å²) in [4.78, 5) is 0. The molecule has 0 bridgehead atoms. The number of nitrogens with one attached hydrogen (secondary N) is 1. The monoisotopic (exact) mass is 257 g/mol. The fraction of sp³-hybridized carbons (Fsp3) is 0.818. The van der Waals surface area contributed by atoms with Crippen molar-refractivity contribution in [1.29, 1.82) is 10.5 Å². The number of piperidine rings is 1. The Balaban J connectivity index is 0.000000437. The predicted octanol–water partition coefficient (Wildman–Crippen LogP) is 2.04. The van der Waals surface area contributed by atoms with Gasteiger partial charge in [0.15, 0.2) is 12.4 Å².